The molecule has 4 nitrogen and oxygen atoms in total. The number of nitrogen functional groups attached to an aromatic ring is 1. The number of nitrogens with two attached hydrogens (primary N) is 1. The topological polar surface area (TPSA) is 66.6 Å². The van der Waals surface area contributed by atoms with Crippen LogP contribution in [-0.4, -0.2) is 22.6 Å². The first kappa shape index (κ1) is 10.4. The molecule has 0 aromatic heterocycles. The van der Waals surface area contributed by atoms with Crippen LogP contribution in [0.1, 0.15) is 12.5 Å². The van der Waals surface area contributed by atoms with E-state index in [1.807, 2.05) is 12.1 Å². The van der Waals surface area contributed by atoms with Crippen molar-refractivity contribution in [1.29, 1.82) is 0 Å². The lowest BCUT2D eigenvalue weighted by molar-refractivity contribution is 0.145. The summed E-state index contributed by atoms with van der Waals surface area (Å²) in [5, 5.41) is 8.80. The molecule has 76 valence electrons. The Bertz CT molecular complexity index is 326. The first-order valence-corrected chi connectivity index (χ1v) is 4.45. The van der Waals surface area contributed by atoms with Crippen LogP contribution in [0.4, 0.5) is 10.5 Å². The predicted octanol–water partition coefficient (Wildman–Crippen LogP) is 1.77. The third-order valence-corrected chi connectivity index (χ3v) is 1.98. The molecule has 0 aliphatic rings. The summed E-state index contributed by atoms with van der Waals surface area (Å²) in [6.45, 7) is 2.67. The van der Waals surface area contributed by atoms with Gasteiger partial charge in [-0.25, -0.2) is 4.79 Å². The van der Waals surface area contributed by atoms with E-state index in [-0.39, 0.29) is 0 Å². The molecule has 0 unspecified atom stereocenters. The van der Waals surface area contributed by atoms with E-state index in [9.17, 15) is 4.79 Å². The lowest BCUT2D eigenvalue weighted by atomic mass is 10.2. The van der Waals surface area contributed by atoms with Crippen LogP contribution in [0.15, 0.2) is 24.3 Å². The molecule has 0 spiro atoms. The Kier molecular flexibility index (Phi) is 3.34. The van der Waals surface area contributed by atoms with Crippen molar-refractivity contribution in [2.75, 3.05) is 12.3 Å². The quantitative estimate of drug-likeness (QED) is 0.720. The fraction of sp³-hybridized carbons (Fsp3) is 0.300. The Morgan fingerprint density at radius 3 is 2.79 bits per heavy atom. The summed E-state index contributed by atoms with van der Waals surface area (Å²) in [6, 6.07) is 7.24. The number of hydrogen-bond donors (Lipinski definition) is 2. The highest BCUT2D eigenvalue weighted by Crippen LogP contribution is 2.09. The maximum Gasteiger partial charge on any atom is 0.407 e. The zero-order valence-electron chi connectivity index (χ0n) is 8.10. The van der Waals surface area contributed by atoms with E-state index >= 15 is 0 Å². The van der Waals surface area contributed by atoms with Crippen LogP contribution in [0.3, 0.4) is 0 Å². The number of anilines is 1. The van der Waals surface area contributed by atoms with Crippen LogP contribution < -0.4 is 5.73 Å². The number of nitrogens with zero attached hydrogens (tertiary/aromatic N) is 1. The SMILES string of the molecule is CCN(Cc1cccc(N)c1)C(=O)O. The smallest absolute Gasteiger partial charge is 0.407 e. The Labute approximate surface area is 82.9 Å². The van der Waals surface area contributed by atoms with Gasteiger partial charge in [0.15, 0.2) is 0 Å². The molecular weight excluding hydrogens is 180 g/mol. The number of carbonyl (C=O) groups is 1. The molecule has 0 aliphatic carbocycles. The molecule has 14 heavy (non-hydrogen) atoms. The summed E-state index contributed by atoms with van der Waals surface area (Å²) in [5.41, 5.74) is 7.15. The van der Waals surface area contributed by atoms with Gasteiger partial charge in [0.2, 0.25) is 0 Å². The molecule has 1 rings (SSSR count). The minimum absolute atomic E-state index is 0.386. The Balaban J connectivity index is 2.72. The standard InChI is InChI=1S/C10H14N2O2/c1-2-12(10(13)14)7-8-4-3-5-9(11)6-8/h3-6H,2,7,11H2,1H3,(H,13,14). The van der Waals surface area contributed by atoms with Crippen molar-refractivity contribution in [2.24, 2.45) is 0 Å². The van der Waals surface area contributed by atoms with Crippen molar-refractivity contribution in [3.05, 3.63) is 29.8 Å². The molecule has 0 heterocycles. The Hall–Kier alpha value is -1.71. The fourth-order valence-electron chi connectivity index (χ4n) is 1.23. The van der Waals surface area contributed by atoms with Crippen LogP contribution in [0.25, 0.3) is 0 Å². The third kappa shape index (κ3) is 2.65. The van der Waals surface area contributed by atoms with Gasteiger partial charge in [-0.15, -0.1) is 0 Å². The largest absolute Gasteiger partial charge is 0.465 e. The molecular formula is C10H14N2O2. The van der Waals surface area contributed by atoms with E-state index in [0.29, 0.717) is 18.8 Å². The fourth-order valence-corrected chi connectivity index (χ4v) is 1.23. The highest BCUT2D eigenvalue weighted by atomic mass is 16.4. The molecule has 1 amide bonds. The van der Waals surface area contributed by atoms with E-state index in [0.717, 1.165) is 5.56 Å². The van der Waals surface area contributed by atoms with Gasteiger partial charge in [0.25, 0.3) is 0 Å². The van der Waals surface area contributed by atoms with Crippen molar-refractivity contribution < 1.29 is 9.90 Å². The maximum atomic E-state index is 10.7. The van der Waals surface area contributed by atoms with Gasteiger partial charge in [-0.2, -0.15) is 0 Å². The second-order valence-electron chi connectivity index (χ2n) is 3.04. The van der Waals surface area contributed by atoms with Gasteiger partial charge >= 0.3 is 6.09 Å². The monoisotopic (exact) mass is 194 g/mol. The lowest BCUT2D eigenvalue weighted by Crippen LogP contribution is -2.28. The summed E-state index contributed by atoms with van der Waals surface area (Å²) in [7, 11) is 0. The molecule has 3 N–H and O–H groups in total. The Morgan fingerprint density at radius 2 is 2.29 bits per heavy atom. The molecule has 1 aromatic carbocycles. The zero-order valence-corrected chi connectivity index (χ0v) is 8.10. The third-order valence-electron chi connectivity index (χ3n) is 1.98. The molecule has 0 atom stereocenters. The summed E-state index contributed by atoms with van der Waals surface area (Å²) in [5.74, 6) is 0. The highest BCUT2D eigenvalue weighted by Gasteiger charge is 2.09. The van der Waals surface area contributed by atoms with E-state index in [1.165, 1.54) is 4.90 Å². The molecule has 0 aliphatic heterocycles. The number of rotatable bonds is 3. The molecule has 0 fully saturated rings. The van der Waals surface area contributed by atoms with E-state index in [1.54, 1.807) is 19.1 Å². The van der Waals surface area contributed by atoms with E-state index < -0.39 is 6.09 Å². The van der Waals surface area contributed by atoms with Gasteiger partial charge in [-0.05, 0) is 24.6 Å². The number of hydrogen-bond acceptors (Lipinski definition) is 2. The van der Waals surface area contributed by atoms with Crippen LogP contribution >= 0.6 is 0 Å². The Morgan fingerprint density at radius 1 is 1.57 bits per heavy atom. The summed E-state index contributed by atoms with van der Waals surface area (Å²) < 4.78 is 0. The summed E-state index contributed by atoms with van der Waals surface area (Å²) in [6.07, 6.45) is -0.907. The average Bonchev–Trinajstić information content (AvgIpc) is 2.14. The van der Waals surface area contributed by atoms with Crippen LogP contribution in [-0.2, 0) is 6.54 Å². The van der Waals surface area contributed by atoms with Crippen molar-refractivity contribution in [2.45, 2.75) is 13.5 Å². The van der Waals surface area contributed by atoms with Crippen LogP contribution in [0, 0.1) is 0 Å². The predicted molar refractivity (Wildman–Crippen MR) is 55.0 cm³/mol. The van der Waals surface area contributed by atoms with Crippen molar-refractivity contribution in [1.82, 2.24) is 4.90 Å². The van der Waals surface area contributed by atoms with Crippen LogP contribution in [0.5, 0.6) is 0 Å². The second-order valence-corrected chi connectivity index (χ2v) is 3.04. The summed E-state index contributed by atoms with van der Waals surface area (Å²) in [4.78, 5) is 12.0. The van der Waals surface area contributed by atoms with Crippen molar-refractivity contribution in [3.63, 3.8) is 0 Å². The van der Waals surface area contributed by atoms with Gasteiger partial charge in [-0.1, -0.05) is 12.1 Å². The van der Waals surface area contributed by atoms with Crippen molar-refractivity contribution in [3.8, 4) is 0 Å². The molecule has 0 saturated carbocycles. The van der Waals surface area contributed by atoms with Gasteiger partial charge in [-0.3, -0.25) is 0 Å². The minimum Gasteiger partial charge on any atom is -0.465 e. The molecule has 0 bridgehead atoms. The number of carboxylic acid groups (broad SMARTS) is 1. The second kappa shape index (κ2) is 4.50. The van der Waals surface area contributed by atoms with E-state index in [2.05, 4.69) is 0 Å². The maximum absolute atomic E-state index is 10.7. The van der Waals surface area contributed by atoms with Crippen molar-refractivity contribution >= 4 is 11.8 Å². The summed E-state index contributed by atoms with van der Waals surface area (Å²) >= 11 is 0. The average molecular weight is 194 g/mol. The molecule has 1 aromatic rings. The molecule has 4 heteroatoms. The zero-order chi connectivity index (χ0) is 10.6. The van der Waals surface area contributed by atoms with E-state index in [4.69, 9.17) is 10.8 Å². The molecule has 0 radical (unpaired) electrons. The first-order valence-electron chi connectivity index (χ1n) is 4.45. The highest BCUT2D eigenvalue weighted by molar-refractivity contribution is 5.65. The van der Waals surface area contributed by atoms with Crippen LogP contribution in [0.2, 0.25) is 0 Å². The van der Waals surface area contributed by atoms with Gasteiger partial charge in [0, 0.05) is 18.8 Å². The minimum atomic E-state index is -0.907. The lowest BCUT2D eigenvalue weighted by Gasteiger charge is -2.16. The van der Waals surface area contributed by atoms with Gasteiger partial charge < -0.3 is 15.7 Å². The molecule has 0 saturated heterocycles. The first-order chi connectivity index (χ1) is 6.63. The number of benzene rings is 1. The normalized spacial score (nSPS) is 9.79. The number of amides is 1. The van der Waals surface area contributed by atoms with Gasteiger partial charge in [0.05, 0.1) is 0 Å². The van der Waals surface area contributed by atoms with Gasteiger partial charge in [0.1, 0.15) is 0 Å².